The van der Waals surface area contributed by atoms with Crippen LogP contribution in [-0.2, 0) is 0 Å². The molecule has 2 nitrogen and oxygen atoms in total. The first-order valence-electron chi connectivity index (χ1n) is 6.20. The second-order valence-electron chi connectivity index (χ2n) is 4.45. The van der Waals surface area contributed by atoms with Gasteiger partial charge in [-0.25, -0.2) is 4.98 Å². The van der Waals surface area contributed by atoms with Gasteiger partial charge in [0.25, 0.3) is 0 Å². The molecule has 1 atom stereocenters. The lowest BCUT2D eigenvalue weighted by Crippen LogP contribution is -2.12. The molecule has 1 unspecified atom stereocenters. The van der Waals surface area contributed by atoms with Crippen LogP contribution in [0.15, 0.2) is 34.5 Å². The van der Waals surface area contributed by atoms with E-state index in [1.54, 1.807) is 23.1 Å². The number of thioether (sulfide) groups is 1. The van der Waals surface area contributed by atoms with Gasteiger partial charge in [0.2, 0.25) is 0 Å². The van der Waals surface area contributed by atoms with E-state index >= 15 is 0 Å². The number of aromatic nitrogens is 1. The van der Waals surface area contributed by atoms with E-state index in [1.807, 2.05) is 0 Å². The number of rotatable bonds is 3. The van der Waals surface area contributed by atoms with Gasteiger partial charge in [-0.3, -0.25) is 0 Å². The molecule has 1 aromatic carbocycles. The maximum atomic E-state index is 4.77. The predicted octanol–water partition coefficient (Wildman–Crippen LogP) is 3.96. The Bertz CT molecular complexity index is 513. The topological polar surface area (TPSA) is 24.9 Å². The number of nitrogens with one attached hydrogen (secondary N) is 1. The van der Waals surface area contributed by atoms with E-state index < -0.39 is 0 Å². The molecule has 2 heterocycles. The van der Waals surface area contributed by atoms with E-state index in [1.165, 1.54) is 29.0 Å². The van der Waals surface area contributed by atoms with Gasteiger partial charge in [0.15, 0.2) is 0 Å². The average Bonchev–Trinajstić information content (AvgIpc) is 3.09. The van der Waals surface area contributed by atoms with Crippen LogP contribution in [0.2, 0.25) is 0 Å². The summed E-state index contributed by atoms with van der Waals surface area (Å²) < 4.78 is 0. The molecule has 2 aromatic rings. The highest BCUT2D eigenvalue weighted by atomic mass is 32.2. The summed E-state index contributed by atoms with van der Waals surface area (Å²) in [5.74, 6) is 0. The Labute approximate surface area is 116 Å². The van der Waals surface area contributed by atoms with Crippen molar-refractivity contribution in [2.24, 2.45) is 0 Å². The van der Waals surface area contributed by atoms with Gasteiger partial charge in [-0.1, -0.05) is 12.1 Å². The van der Waals surface area contributed by atoms with Crippen molar-refractivity contribution in [1.29, 1.82) is 0 Å². The zero-order valence-corrected chi connectivity index (χ0v) is 12.0. The molecule has 1 N–H and O–H groups in total. The molecule has 0 amide bonds. The van der Waals surface area contributed by atoms with Gasteiger partial charge in [-0.2, -0.15) is 0 Å². The second-order valence-corrected chi connectivity index (χ2v) is 6.19. The molecule has 4 heteroatoms. The van der Waals surface area contributed by atoms with Crippen LogP contribution in [0.5, 0.6) is 0 Å². The van der Waals surface area contributed by atoms with Crippen LogP contribution in [0.4, 0.5) is 0 Å². The van der Waals surface area contributed by atoms with Crippen LogP contribution >= 0.6 is 23.1 Å². The maximum Gasteiger partial charge on any atom is 0.123 e. The van der Waals surface area contributed by atoms with Gasteiger partial charge in [-0.15, -0.1) is 23.1 Å². The number of thiazole rings is 1. The number of nitrogens with zero attached hydrogens (tertiary/aromatic N) is 1. The van der Waals surface area contributed by atoms with Crippen molar-refractivity contribution in [3.8, 4) is 10.6 Å². The van der Waals surface area contributed by atoms with Gasteiger partial charge in [-0.05, 0) is 37.8 Å². The van der Waals surface area contributed by atoms with Crippen LogP contribution in [0.3, 0.4) is 0 Å². The Morgan fingerprint density at radius 3 is 2.83 bits per heavy atom. The third-order valence-electron chi connectivity index (χ3n) is 3.28. The number of benzene rings is 1. The molecule has 1 aromatic heterocycles. The molecule has 0 aliphatic carbocycles. The van der Waals surface area contributed by atoms with E-state index in [2.05, 4.69) is 41.2 Å². The summed E-state index contributed by atoms with van der Waals surface area (Å²) in [7, 11) is 0. The first kappa shape index (κ1) is 12.2. The van der Waals surface area contributed by atoms with Crippen LogP contribution in [-0.4, -0.2) is 17.8 Å². The van der Waals surface area contributed by atoms with Crippen LogP contribution < -0.4 is 5.32 Å². The molecule has 1 fully saturated rings. The predicted molar refractivity (Wildman–Crippen MR) is 79.3 cm³/mol. The quantitative estimate of drug-likeness (QED) is 0.859. The normalized spacial score (nSPS) is 19.3. The standard InChI is InChI=1S/C14H16N2S2/c1-17-11-6-4-10(5-7-11)14-16-13(9-18-14)12-3-2-8-15-12/h4-7,9,12,15H,2-3,8H2,1H3. The molecule has 1 aliphatic heterocycles. The molecule has 0 spiro atoms. The first-order valence-corrected chi connectivity index (χ1v) is 8.30. The van der Waals surface area contributed by atoms with Crippen molar-refractivity contribution in [2.75, 3.05) is 12.8 Å². The molecular weight excluding hydrogens is 260 g/mol. The molecule has 0 radical (unpaired) electrons. The van der Waals surface area contributed by atoms with Crippen LogP contribution in [0.25, 0.3) is 10.6 Å². The Hall–Kier alpha value is -0.840. The highest BCUT2D eigenvalue weighted by Crippen LogP contribution is 2.30. The van der Waals surface area contributed by atoms with Crippen LogP contribution in [0, 0.1) is 0 Å². The maximum absolute atomic E-state index is 4.77. The zero-order valence-electron chi connectivity index (χ0n) is 10.3. The number of hydrogen-bond acceptors (Lipinski definition) is 4. The Kier molecular flexibility index (Phi) is 3.68. The lowest BCUT2D eigenvalue weighted by molar-refractivity contribution is 0.632. The van der Waals surface area contributed by atoms with Crippen molar-refractivity contribution in [3.63, 3.8) is 0 Å². The van der Waals surface area contributed by atoms with E-state index in [9.17, 15) is 0 Å². The summed E-state index contributed by atoms with van der Waals surface area (Å²) in [4.78, 5) is 6.07. The Morgan fingerprint density at radius 2 is 2.17 bits per heavy atom. The zero-order chi connectivity index (χ0) is 12.4. The highest BCUT2D eigenvalue weighted by Gasteiger charge is 2.19. The average molecular weight is 276 g/mol. The molecule has 18 heavy (non-hydrogen) atoms. The minimum Gasteiger partial charge on any atom is -0.309 e. The Morgan fingerprint density at radius 1 is 1.33 bits per heavy atom. The SMILES string of the molecule is CSc1ccc(-c2nc(C3CCCN3)cs2)cc1. The summed E-state index contributed by atoms with van der Waals surface area (Å²) in [6.07, 6.45) is 4.58. The fourth-order valence-electron chi connectivity index (χ4n) is 2.25. The van der Waals surface area contributed by atoms with Crippen molar-refractivity contribution in [2.45, 2.75) is 23.8 Å². The fraction of sp³-hybridized carbons (Fsp3) is 0.357. The Balaban J connectivity index is 1.82. The van der Waals surface area contributed by atoms with Crippen LogP contribution in [0.1, 0.15) is 24.6 Å². The molecule has 0 saturated carbocycles. The summed E-state index contributed by atoms with van der Waals surface area (Å²) >= 11 is 3.52. The monoisotopic (exact) mass is 276 g/mol. The third-order valence-corrected chi connectivity index (χ3v) is 4.93. The van der Waals surface area contributed by atoms with Gasteiger partial charge >= 0.3 is 0 Å². The summed E-state index contributed by atoms with van der Waals surface area (Å²) in [5.41, 5.74) is 2.43. The molecule has 3 rings (SSSR count). The summed E-state index contributed by atoms with van der Waals surface area (Å²) in [5, 5.41) is 6.82. The molecule has 1 aliphatic rings. The summed E-state index contributed by atoms with van der Waals surface area (Å²) in [6, 6.07) is 9.12. The number of hydrogen-bond donors (Lipinski definition) is 1. The van der Waals surface area contributed by atoms with Gasteiger partial charge in [0.05, 0.1) is 11.7 Å². The van der Waals surface area contributed by atoms with E-state index in [0.717, 1.165) is 11.6 Å². The van der Waals surface area contributed by atoms with E-state index in [0.29, 0.717) is 6.04 Å². The lowest BCUT2D eigenvalue weighted by Gasteiger charge is -2.05. The minimum atomic E-state index is 0.473. The first-order chi connectivity index (χ1) is 8.86. The van der Waals surface area contributed by atoms with Crippen molar-refractivity contribution < 1.29 is 0 Å². The largest absolute Gasteiger partial charge is 0.309 e. The second kappa shape index (κ2) is 5.43. The van der Waals surface area contributed by atoms with Crippen molar-refractivity contribution in [1.82, 2.24) is 10.3 Å². The highest BCUT2D eigenvalue weighted by molar-refractivity contribution is 7.98. The van der Waals surface area contributed by atoms with Crippen molar-refractivity contribution in [3.05, 3.63) is 35.3 Å². The van der Waals surface area contributed by atoms with E-state index in [-0.39, 0.29) is 0 Å². The minimum absolute atomic E-state index is 0.473. The molecule has 0 bridgehead atoms. The molecule has 1 saturated heterocycles. The molecule has 94 valence electrons. The van der Waals surface area contributed by atoms with Crippen molar-refractivity contribution >= 4 is 23.1 Å². The van der Waals surface area contributed by atoms with E-state index in [4.69, 9.17) is 4.98 Å². The smallest absolute Gasteiger partial charge is 0.123 e. The van der Waals surface area contributed by atoms with Gasteiger partial charge in [0, 0.05) is 15.8 Å². The van der Waals surface area contributed by atoms with Gasteiger partial charge < -0.3 is 5.32 Å². The summed E-state index contributed by atoms with van der Waals surface area (Å²) in [6.45, 7) is 1.12. The fourth-order valence-corrected chi connectivity index (χ4v) is 3.54. The van der Waals surface area contributed by atoms with Gasteiger partial charge in [0.1, 0.15) is 5.01 Å². The molecular formula is C14H16N2S2. The lowest BCUT2D eigenvalue weighted by atomic mass is 10.2. The third kappa shape index (κ3) is 2.46.